The van der Waals surface area contributed by atoms with Crippen LogP contribution in [0, 0.1) is 11.8 Å². The van der Waals surface area contributed by atoms with Crippen molar-refractivity contribution in [3.63, 3.8) is 0 Å². The first-order chi connectivity index (χ1) is 11.5. The molecule has 3 aliphatic heterocycles. The molecule has 1 aromatic rings. The van der Waals surface area contributed by atoms with E-state index < -0.39 is 29.5 Å². The fraction of sp³-hybridized carbons (Fsp3) is 0.412. The Balaban J connectivity index is 1.77. The average Bonchev–Trinajstić information content (AvgIpc) is 3.22. The highest BCUT2D eigenvalue weighted by molar-refractivity contribution is 6.03. The van der Waals surface area contributed by atoms with Crippen LogP contribution >= 0.6 is 0 Å². The molecule has 7 nitrogen and oxygen atoms in total. The van der Waals surface area contributed by atoms with Crippen molar-refractivity contribution < 1.29 is 28.9 Å². The Morgan fingerprint density at radius 1 is 1.38 bits per heavy atom. The molecule has 7 heteroatoms. The van der Waals surface area contributed by atoms with Crippen LogP contribution in [0.2, 0.25) is 0 Å². The van der Waals surface area contributed by atoms with Crippen LogP contribution in [-0.4, -0.2) is 49.5 Å². The standard InChI is InChI=1S/C17H17NO6/c1-22-9-3-4-11(23-2)10(7-9)18-8-17-6-5-12(24-17)13(16(20)21)14(17)15(18)19/h3-7,12-14H,8H2,1-2H3,(H,20,21). The molecule has 1 aromatic carbocycles. The molecule has 4 unspecified atom stereocenters. The number of carboxylic acids is 1. The van der Waals surface area contributed by atoms with Crippen LogP contribution < -0.4 is 14.4 Å². The zero-order valence-electron chi connectivity index (χ0n) is 13.3. The van der Waals surface area contributed by atoms with E-state index in [0.717, 1.165) is 0 Å². The number of benzene rings is 1. The zero-order chi connectivity index (χ0) is 17.1. The zero-order valence-corrected chi connectivity index (χ0v) is 13.3. The van der Waals surface area contributed by atoms with Crippen LogP contribution in [0.1, 0.15) is 0 Å². The predicted octanol–water partition coefficient (Wildman–Crippen LogP) is 1.07. The number of nitrogens with zero attached hydrogens (tertiary/aromatic N) is 1. The lowest BCUT2D eigenvalue weighted by atomic mass is 9.77. The molecule has 0 radical (unpaired) electrons. The number of hydrogen-bond donors (Lipinski definition) is 1. The maximum atomic E-state index is 13.0. The van der Waals surface area contributed by atoms with E-state index >= 15 is 0 Å². The van der Waals surface area contributed by atoms with Crippen molar-refractivity contribution in [2.24, 2.45) is 11.8 Å². The summed E-state index contributed by atoms with van der Waals surface area (Å²) in [7, 11) is 3.06. The number of carboxylic acid groups (broad SMARTS) is 1. The minimum Gasteiger partial charge on any atom is -0.497 e. The molecule has 3 aliphatic rings. The van der Waals surface area contributed by atoms with Gasteiger partial charge in [0.15, 0.2) is 0 Å². The molecule has 2 bridgehead atoms. The average molecular weight is 331 g/mol. The topological polar surface area (TPSA) is 85.3 Å². The number of carbonyl (C=O) groups excluding carboxylic acids is 1. The highest BCUT2D eigenvalue weighted by atomic mass is 16.5. The van der Waals surface area contributed by atoms with Crippen molar-refractivity contribution >= 4 is 17.6 Å². The third kappa shape index (κ3) is 1.81. The second-order valence-electron chi connectivity index (χ2n) is 6.20. The van der Waals surface area contributed by atoms with Gasteiger partial charge in [-0.05, 0) is 12.1 Å². The van der Waals surface area contributed by atoms with Gasteiger partial charge in [-0.15, -0.1) is 0 Å². The van der Waals surface area contributed by atoms with Crippen molar-refractivity contribution in [1.29, 1.82) is 0 Å². The SMILES string of the molecule is COc1ccc(OC)c(N2CC34C=CC(O3)C(C(=O)O)C4C2=O)c1. The summed E-state index contributed by atoms with van der Waals surface area (Å²) in [5.74, 6) is -1.75. The molecule has 0 saturated carbocycles. The molecule has 0 aliphatic carbocycles. The van der Waals surface area contributed by atoms with Crippen molar-refractivity contribution in [3.8, 4) is 11.5 Å². The van der Waals surface area contributed by atoms with Gasteiger partial charge < -0.3 is 24.2 Å². The first-order valence-electron chi connectivity index (χ1n) is 7.64. The smallest absolute Gasteiger partial charge is 0.310 e. The van der Waals surface area contributed by atoms with Crippen molar-refractivity contribution in [3.05, 3.63) is 30.4 Å². The molecule has 1 spiro atoms. The maximum absolute atomic E-state index is 13.0. The number of ether oxygens (including phenoxy) is 3. The monoisotopic (exact) mass is 331 g/mol. The lowest BCUT2D eigenvalue weighted by Crippen LogP contribution is -2.39. The van der Waals surface area contributed by atoms with Crippen LogP contribution in [0.5, 0.6) is 11.5 Å². The van der Waals surface area contributed by atoms with Crippen molar-refractivity contribution in [2.45, 2.75) is 11.7 Å². The maximum Gasteiger partial charge on any atom is 0.310 e. The summed E-state index contributed by atoms with van der Waals surface area (Å²) in [5.41, 5.74) is -0.325. The van der Waals surface area contributed by atoms with Gasteiger partial charge in [0.1, 0.15) is 23.0 Å². The number of aliphatic carboxylic acids is 1. The third-order valence-electron chi connectivity index (χ3n) is 5.06. The number of amides is 1. The molecule has 3 heterocycles. The molecule has 1 N–H and O–H groups in total. The van der Waals surface area contributed by atoms with Gasteiger partial charge in [-0.1, -0.05) is 12.2 Å². The van der Waals surface area contributed by atoms with Gasteiger partial charge in [-0.25, -0.2) is 0 Å². The molecule has 126 valence electrons. The van der Waals surface area contributed by atoms with Crippen LogP contribution in [0.15, 0.2) is 30.4 Å². The Labute approximate surface area is 138 Å². The molecule has 4 atom stereocenters. The normalized spacial score (nSPS) is 33.0. The summed E-state index contributed by atoms with van der Waals surface area (Å²) in [6.07, 6.45) is 3.03. The number of fused-ring (bicyclic) bond motifs is 1. The summed E-state index contributed by atoms with van der Waals surface area (Å²) in [6, 6.07) is 5.17. The summed E-state index contributed by atoms with van der Waals surface area (Å²) in [4.78, 5) is 26.2. The van der Waals surface area contributed by atoms with Crippen molar-refractivity contribution in [1.82, 2.24) is 0 Å². The highest BCUT2D eigenvalue weighted by Crippen LogP contribution is 2.53. The summed E-state index contributed by atoms with van der Waals surface area (Å²) >= 11 is 0. The second-order valence-corrected chi connectivity index (χ2v) is 6.20. The fourth-order valence-corrected chi connectivity index (χ4v) is 3.99. The lowest BCUT2D eigenvalue weighted by molar-refractivity contribution is -0.146. The van der Waals surface area contributed by atoms with Gasteiger partial charge in [0.25, 0.3) is 0 Å². The van der Waals surface area contributed by atoms with E-state index in [1.54, 1.807) is 31.4 Å². The molecular weight excluding hydrogens is 314 g/mol. The number of methoxy groups -OCH3 is 2. The van der Waals surface area contributed by atoms with Crippen LogP contribution in [0.25, 0.3) is 0 Å². The molecule has 4 rings (SSSR count). The number of rotatable bonds is 4. The second kappa shape index (κ2) is 4.98. The fourth-order valence-electron chi connectivity index (χ4n) is 3.99. The Kier molecular flexibility index (Phi) is 3.11. The Morgan fingerprint density at radius 3 is 2.83 bits per heavy atom. The third-order valence-corrected chi connectivity index (χ3v) is 5.06. The lowest BCUT2D eigenvalue weighted by Gasteiger charge is -2.23. The van der Waals surface area contributed by atoms with Gasteiger partial charge in [-0.3, -0.25) is 9.59 Å². The van der Waals surface area contributed by atoms with Gasteiger partial charge in [-0.2, -0.15) is 0 Å². The number of carbonyl (C=O) groups is 2. The van der Waals surface area contributed by atoms with E-state index in [0.29, 0.717) is 17.2 Å². The quantitative estimate of drug-likeness (QED) is 0.831. The first-order valence-corrected chi connectivity index (χ1v) is 7.64. The number of hydrogen-bond acceptors (Lipinski definition) is 5. The van der Waals surface area contributed by atoms with Gasteiger partial charge in [0.2, 0.25) is 5.91 Å². The molecule has 1 amide bonds. The van der Waals surface area contributed by atoms with E-state index in [4.69, 9.17) is 14.2 Å². The summed E-state index contributed by atoms with van der Waals surface area (Å²) in [5, 5.41) is 9.51. The van der Waals surface area contributed by atoms with Crippen LogP contribution in [0.3, 0.4) is 0 Å². The van der Waals surface area contributed by atoms with E-state index in [1.807, 2.05) is 6.08 Å². The van der Waals surface area contributed by atoms with E-state index in [2.05, 4.69) is 0 Å². The molecule has 24 heavy (non-hydrogen) atoms. The molecule has 0 aromatic heterocycles. The Bertz CT molecular complexity index is 759. The minimum absolute atomic E-state index is 0.261. The van der Waals surface area contributed by atoms with E-state index in [9.17, 15) is 14.7 Å². The van der Waals surface area contributed by atoms with E-state index in [-0.39, 0.29) is 12.5 Å². The van der Waals surface area contributed by atoms with Gasteiger partial charge in [0, 0.05) is 6.07 Å². The molecule has 2 fully saturated rings. The first kappa shape index (κ1) is 15.0. The Hall–Kier alpha value is -2.54. The Morgan fingerprint density at radius 2 is 2.17 bits per heavy atom. The largest absolute Gasteiger partial charge is 0.497 e. The molecular formula is C17H17NO6. The van der Waals surface area contributed by atoms with Crippen LogP contribution in [-0.2, 0) is 14.3 Å². The van der Waals surface area contributed by atoms with Crippen LogP contribution in [0.4, 0.5) is 5.69 Å². The summed E-state index contributed by atoms with van der Waals surface area (Å²) < 4.78 is 16.5. The van der Waals surface area contributed by atoms with E-state index in [1.165, 1.54) is 12.0 Å². The predicted molar refractivity (Wildman–Crippen MR) is 83.3 cm³/mol. The molecule has 2 saturated heterocycles. The van der Waals surface area contributed by atoms with Gasteiger partial charge in [0.05, 0.1) is 38.5 Å². The minimum atomic E-state index is -1.01. The van der Waals surface area contributed by atoms with Crippen molar-refractivity contribution in [2.75, 3.05) is 25.7 Å². The highest BCUT2D eigenvalue weighted by Gasteiger charge is 2.67. The number of anilines is 1. The van der Waals surface area contributed by atoms with Gasteiger partial charge >= 0.3 is 5.97 Å². The summed E-state index contributed by atoms with van der Waals surface area (Å²) in [6.45, 7) is 0.261.